The molecule has 0 saturated carbocycles. The standard InChI is InChI=1S/C24H25N5O3S.ClH/c1-31-17-7-8-20-22(15-17)33-24(27-20)29(10-4-9-28-11-13-32-14-12-28)23(30)21-16-25-18-5-2-3-6-19(18)26-21;/h2-3,5-8,15-16H,4,9-14H2,1H3;1H. The largest absolute Gasteiger partial charge is 0.497 e. The van der Waals surface area contributed by atoms with Gasteiger partial charge in [-0.3, -0.25) is 19.6 Å². The summed E-state index contributed by atoms with van der Waals surface area (Å²) < 4.78 is 11.8. The summed E-state index contributed by atoms with van der Waals surface area (Å²) in [6, 6.07) is 13.3. The van der Waals surface area contributed by atoms with Crippen LogP contribution in [0.3, 0.4) is 0 Å². The summed E-state index contributed by atoms with van der Waals surface area (Å²) in [5, 5.41) is 0.653. The predicted octanol–water partition coefficient (Wildman–Crippen LogP) is 4.04. The van der Waals surface area contributed by atoms with Crippen molar-refractivity contribution in [3.63, 3.8) is 0 Å². The number of fused-ring (bicyclic) bond motifs is 2. The number of para-hydroxylation sites is 2. The Bertz CT molecular complexity index is 1280. The molecule has 2 aromatic heterocycles. The van der Waals surface area contributed by atoms with E-state index in [0.29, 0.717) is 22.9 Å². The van der Waals surface area contributed by atoms with Crippen molar-refractivity contribution < 1.29 is 14.3 Å². The van der Waals surface area contributed by atoms with Crippen LogP contribution in [0.1, 0.15) is 16.9 Å². The van der Waals surface area contributed by atoms with Crippen molar-refractivity contribution in [2.45, 2.75) is 6.42 Å². The molecule has 1 fully saturated rings. The van der Waals surface area contributed by atoms with Gasteiger partial charge in [-0.25, -0.2) is 9.97 Å². The van der Waals surface area contributed by atoms with E-state index >= 15 is 0 Å². The van der Waals surface area contributed by atoms with Gasteiger partial charge in [0.25, 0.3) is 5.91 Å². The summed E-state index contributed by atoms with van der Waals surface area (Å²) in [6.45, 7) is 4.80. The molecule has 0 unspecified atom stereocenters. The fraction of sp³-hybridized carbons (Fsp3) is 0.333. The highest BCUT2D eigenvalue weighted by atomic mass is 35.5. The number of anilines is 1. The first-order valence-corrected chi connectivity index (χ1v) is 11.8. The van der Waals surface area contributed by atoms with Crippen LogP contribution in [0.2, 0.25) is 0 Å². The normalized spacial score (nSPS) is 14.1. The molecule has 1 aliphatic rings. The van der Waals surface area contributed by atoms with Gasteiger partial charge in [-0.15, -0.1) is 12.4 Å². The van der Waals surface area contributed by atoms with Gasteiger partial charge in [0.1, 0.15) is 11.4 Å². The van der Waals surface area contributed by atoms with Crippen molar-refractivity contribution in [3.8, 4) is 5.75 Å². The number of aromatic nitrogens is 3. The highest BCUT2D eigenvalue weighted by molar-refractivity contribution is 7.22. The van der Waals surface area contributed by atoms with Crippen LogP contribution >= 0.6 is 23.7 Å². The minimum absolute atomic E-state index is 0. The Morgan fingerprint density at radius 3 is 2.71 bits per heavy atom. The van der Waals surface area contributed by atoms with Gasteiger partial charge in [0.05, 0.1) is 47.8 Å². The molecular weight excluding hydrogens is 474 g/mol. The summed E-state index contributed by atoms with van der Waals surface area (Å²) in [5.41, 5.74) is 2.62. The molecule has 1 saturated heterocycles. The molecule has 0 atom stereocenters. The molecule has 0 N–H and O–H groups in total. The summed E-state index contributed by atoms with van der Waals surface area (Å²) in [7, 11) is 1.64. The van der Waals surface area contributed by atoms with Gasteiger partial charge in [-0.2, -0.15) is 0 Å². The fourth-order valence-electron chi connectivity index (χ4n) is 3.89. The van der Waals surface area contributed by atoms with Crippen molar-refractivity contribution in [2.75, 3.05) is 51.4 Å². The van der Waals surface area contributed by atoms with E-state index in [1.165, 1.54) is 11.3 Å². The van der Waals surface area contributed by atoms with E-state index in [1.807, 2.05) is 42.5 Å². The van der Waals surface area contributed by atoms with Crippen molar-refractivity contribution in [2.24, 2.45) is 0 Å². The topological polar surface area (TPSA) is 80.7 Å². The number of carbonyl (C=O) groups excluding carboxylic acids is 1. The molecule has 0 aliphatic carbocycles. The minimum Gasteiger partial charge on any atom is -0.497 e. The third-order valence-electron chi connectivity index (χ3n) is 5.69. The summed E-state index contributed by atoms with van der Waals surface area (Å²) in [5.74, 6) is 0.574. The first-order chi connectivity index (χ1) is 16.2. The second kappa shape index (κ2) is 11.1. The molecule has 5 rings (SSSR count). The maximum atomic E-state index is 13.6. The Morgan fingerprint density at radius 1 is 1.12 bits per heavy atom. The number of thiazole rings is 1. The van der Waals surface area contributed by atoms with Crippen molar-refractivity contribution in [1.29, 1.82) is 0 Å². The predicted molar refractivity (Wildman–Crippen MR) is 137 cm³/mol. The van der Waals surface area contributed by atoms with Gasteiger partial charge >= 0.3 is 0 Å². The highest BCUT2D eigenvalue weighted by Crippen LogP contribution is 2.32. The average molecular weight is 500 g/mol. The van der Waals surface area contributed by atoms with Crippen molar-refractivity contribution >= 4 is 56.0 Å². The van der Waals surface area contributed by atoms with Gasteiger partial charge in [0.2, 0.25) is 0 Å². The lowest BCUT2D eigenvalue weighted by molar-refractivity contribution is 0.0376. The number of carbonyl (C=O) groups is 1. The number of rotatable bonds is 7. The molecule has 0 spiro atoms. The van der Waals surface area contributed by atoms with Gasteiger partial charge in [-0.05, 0) is 36.8 Å². The number of ether oxygens (including phenoxy) is 2. The zero-order valence-corrected chi connectivity index (χ0v) is 20.5. The van der Waals surface area contributed by atoms with Crippen LogP contribution < -0.4 is 9.64 Å². The molecule has 178 valence electrons. The van der Waals surface area contributed by atoms with Crippen LogP contribution in [0.4, 0.5) is 5.13 Å². The molecule has 10 heteroatoms. The lowest BCUT2D eigenvalue weighted by Gasteiger charge is -2.27. The van der Waals surface area contributed by atoms with E-state index in [0.717, 1.165) is 60.8 Å². The first kappa shape index (κ1) is 24.3. The number of methoxy groups -OCH3 is 1. The van der Waals surface area contributed by atoms with Crippen LogP contribution in [0.25, 0.3) is 21.3 Å². The lowest BCUT2D eigenvalue weighted by atomic mass is 10.2. The van der Waals surface area contributed by atoms with E-state index in [2.05, 4.69) is 14.9 Å². The average Bonchev–Trinajstić information content (AvgIpc) is 3.29. The van der Waals surface area contributed by atoms with Gasteiger partial charge in [0.15, 0.2) is 5.13 Å². The summed E-state index contributed by atoms with van der Waals surface area (Å²) in [6.07, 6.45) is 2.38. The maximum Gasteiger partial charge on any atom is 0.280 e. The van der Waals surface area contributed by atoms with E-state index in [1.54, 1.807) is 18.2 Å². The zero-order chi connectivity index (χ0) is 22.6. The molecule has 3 heterocycles. The maximum absolute atomic E-state index is 13.6. The Hall–Kier alpha value is -2.85. The molecule has 0 radical (unpaired) electrons. The molecule has 4 aromatic rings. The molecular formula is C24H26ClN5O3S. The third-order valence-corrected chi connectivity index (χ3v) is 6.73. The van der Waals surface area contributed by atoms with Gasteiger partial charge in [-0.1, -0.05) is 23.5 Å². The van der Waals surface area contributed by atoms with Crippen LogP contribution in [0, 0.1) is 0 Å². The van der Waals surface area contributed by atoms with E-state index in [9.17, 15) is 4.79 Å². The van der Waals surface area contributed by atoms with E-state index in [-0.39, 0.29) is 18.3 Å². The third kappa shape index (κ3) is 5.28. The van der Waals surface area contributed by atoms with Crippen molar-refractivity contribution in [3.05, 3.63) is 54.4 Å². The van der Waals surface area contributed by atoms with E-state index < -0.39 is 0 Å². The van der Waals surface area contributed by atoms with Crippen LogP contribution in [0.5, 0.6) is 5.75 Å². The lowest BCUT2D eigenvalue weighted by Crippen LogP contribution is -2.39. The summed E-state index contributed by atoms with van der Waals surface area (Å²) >= 11 is 1.48. The number of morpholine rings is 1. The highest BCUT2D eigenvalue weighted by Gasteiger charge is 2.23. The van der Waals surface area contributed by atoms with Crippen LogP contribution in [-0.2, 0) is 4.74 Å². The van der Waals surface area contributed by atoms with E-state index in [4.69, 9.17) is 14.5 Å². The molecule has 1 amide bonds. The second-order valence-corrected chi connectivity index (χ2v) is 8.85. The second-order valence-electron chi connectivity index (χ2n) is 7.84. The minimum atomic E-state index is -0.193. The Balaban J connectivity index is 0.00000274. The SMILES string of the molecule is COc1ccc2nc(N(CCCN3CCOCC3)C(=O)c3cnc4ccccc4n3)sc2c1.Cl. The zero-order valence-electron chi connectivity index (χ0n) is 18.8. The molecule has 1 aliphatic heterocycles. The van der Waals surface area contributed by atoms with Crippen LogP contribution in [0.15, 0.2) is 48.7 Å². The number of benzene rings is 2. The molecule has 0 bridgehead atoms. The number of hydrogen-bond donors (Lipinski definition) is 0. The van der Waals surface area contributed by atoms with Crippen LogP contribution in [-0.4, -0.2) is 72.3 Å². The summed E-state index contributed by atoms with van der Waals surface area (Å²) in [4.78, 5) is 31.5. The Morgan fingerprint density at radius 2 is 1.91 bits per heavy atom. The van der Waals surface area contributed by atoms with Gasteiger partial charge in [0, 0.05) is 26.2 Å². The molecule has 34 heavy (non-hydrogen) atoms. The van der Waals surface area contributed by atoms with Gasteiger partial charge < -0.3 is 9.47 Å². The van der Waals surface area contributed by atoms with Crippen molar-refractivity contribution in [1.82, 2.24) is 19.9 Å². The number of halogens is 1. The monoisotopic (exact) mass is 499 g/mol. The first-order valence-electron chi connectivity index (χ1n) is 11.0. The smallest absolute Gasteiger partial charge is 0.280 e. The number of nitrogens with zero attached hydrogens (tertiary/aromatic N) is 5. The Kier molecular flexibility index (Phi) is 7.89. The molecule has 2 aromatic carbocycles. The number of hydrogen-bond acceptors (Lipinski definition) is 8. The quantitative estimate of drug-likeness (QED) is 0.379. The number of amides is 1. The Labute approximate surface area is 207 Å². The molecule has 8 nitrogen and oxygen atoms in total. The fourth-order valence-corrected chi connectivity index (χ4v) is 4.91.